The quantitative estimate of drug-likeness (QED) is 0.716. The van der Waals surface area contributed by atoms with Crippen molar-refractivity contribution in [2.24, 2.45) is 5.10 Å². The molecule has 0 saturated carbocycles. The number of nitrogens with one attached hydrogen (secondary N) is 2. The molecule has 7 nitrogen and oxygen atoms in total. The molecule has 0 aliphatic carbocycles. The molecule has 0 aromatic heterocycles. The Kier molecular flexibility index (Phi) is 5.83. The first kappa shape index (κ1) is 18.6. The molecule has 27 heavy (non-hydrogen) atoms. The Morgan fingerprint density at radius 1 is 1.15 bits per heavy atom. The molecule has 1 heterocycles. The Morgan fingerprint density at radius 3 is 2.41 bits per heavy atom. The number of hydrogen-bond acceptors (Lipinski definition) is 5. The topological polar surface area (TPSA) is 94.0 Å². The third-order valence-electron chi connectivity index (χ3n) is 4.38. The molecule has 0 radical (unpaired) electrons. The van der Waals surface area contributed by atoms with Crippen LogP contribution in [0.4, 0.5) is 5.69 Å². The predicted molar refractivity (Wildman–Crippen MR) is 103 cm³/mol. The minimum Gasteiger partial charge on any atom is -0.381 e. The second-order valence-electron chi connectivity index (χ2n) is 6.20. The van der Waals surface area contributed by atoms with Gasteiger partial charge in [0.1, 0.15) is 11.8 Å². The highest BCUT2D eigenvalue weighted by Gasteiger charge is 2.32. The first-order valence-corrected chi connectivity index (χ1v) is 8.74. The lowest BCUT2D eigenvalue weighted by Crippen LogP contribution is -2.43. The van der Waals surface area contributed by atoms with Crippen LogP contribution in [-0.2, 0) is 9.59 Å². The van der Waals surface area contributed by atoms with Crippen molar-refractivity contribution in [2.75, 3.05) is 18.6 Å². The zero-order valence-corrected chi connectivity index (χ0v) is 15.0. The van der Waals surface area contributed by atoms with Crippen LogP contribution in [0.2, 0.25) is 0 Å². The second-order valence-corrected chi connectivity index (χ2v) is 6.20. The van der Waals surface area contributed by atoms with E-state index in [1.807, 2.05) is 65.7 Å². The van der Waals surface area contributed by atoms with Gasteiger partial charge in [-0.25, -0.2) is 0 Å². The van der Waals surface area contributed by atoms with Gasteiger partial charge in [0, 0.05) is 13.5 Å². The van der Waals surface area contributed by atoms with Gasteiger partial charge < -0.3 is 15.7 Å². The summed E-state index contributed by atoms with van der Waals surface area (Å²) in [7, 11) is 1.43. The fourth-order valence-electron chi connectivity index (χ4n) is 2.95. The Morgan fingerprint density at radius 2 is 1.78 bits per heavy atom. The Bertz CT molecular complexity index is 824. The maximum Gasteiger partial charge on any atom is 0.267 e. The number of benzene rings is 2. The number of aliphatic hydroxyl groups excluding tert-OH is 1. The van der Waals surface area contributed by atoms with Crippen LogP contribution in [-0.4, -0.2) is 42.3 Å². The zero-order chi connectivity index (χ0) is 19.2. The lowest BCUT2D eigenvalue weighted by Gasteiger charge is -2.23. The van der Waals surface area contributed by atoms with Crippen molar-refractivity contribution >= 4 is 23.2 Å². The van der Waals surface area contributed by atoms with Crippen LogP contribution in [0.3, 0.4) is 0 Å². The van der Waals surface area contributed by atoms with Gasteiger partial charge in [-0.15, -0.1) is 0 Å². The summed E-state index contributed by atoms with van der Waals surface area (Å²) in [6.07, 6.45) is -0.864. The number of hydrogen-bond donors (Lipinski definition) is 3. The Hall–Kier alpha value is -3.19. The maximum absolute atomic E-state index is 12.5. The number of carbonyl (C=O) groups is 2. The minimum absolute atomic E-state index is 0.0989. The van der Waals surface area contributed by atoms with Crippen molar-refractivity contribution in [2.45, 2.75) is 18.6 Å². The van der Waals surface area contributed by atoms with Crippen LogP contribution in [0, 0.1) is 0 Å². The molecule has 3 N–H and O–H groups in total. The van der Waals surface area contributed by atoms with Crippen LogP contribution < -0.4 is 15.6 Å². The van der Waals surface area contributed by atoms with E-state index in [0.717, 1.165) is 11.3 Å². The molecule has 7 heteroatoms. The highest BCUT2D eigenvalue weighted by Crippen LogP contribution is 2.34. The molecule has 3 rings (SSSR count). The lowest BCUT2D eigenvalue weighted by molar-refractivity contribution is -0.128. The number of carbonyl (C=O) groups excluding carboxylic acids is 2. The highest BCUT2D eigenvalue weighted by atomic mass is 16.3. The number of likely N-dealkylation sites (N-methyl/N-ethyl adjacent to an activating group) is 1. The third kappa shape index (κ3) is 4.32. The molecule has 2 aromatic rings. The summed E-state index contributed by atoms with van der Waals surface area (Å²) < 4.78 is 0. The average molecular weight is 366 g/mol. The number of amides is 2. The number of nitrogens with zero attached hydrogens (tertiary/aromatic N) is 2. The summed E-state index contributed by atoms with van der Waals surface area (Å²) in [6, 6.07) is 19.4. The van der Waals surface area contributed by atoms with Crippen molar-refractivity contribution in [3.8, 4) is 0 Å². The van der Waals surface area contributed by atoms with Gasteiger partial charge in [-0.3, -0.25) is 14.6 Å². The molecular weight excluding hydrogens is 344 g/mol. The fraction of sp³-hybridized carbons (Fsp3) is 0.250. The van der Waals surface area contributed by atoms with E-state index in [1.165, 1.54) is 7.05 Å². The molecule has 0 spiro atoms. The zero-order valence-electron chi connectivity index (χ0n) is 15.0. The molecule has 1 aliphatic rings. The highest BCUT2D eigenvalue weighted by molar-refractivity contribution is 6.39. The summed E-state index contributed by atoms with van der Waals surface area (Å²) in [5, 5.41) is 21.0. The molecule has 0 unspecified atom stereocenters. The van der Waals surface area contributed by atoms with Crippen molar-refractivity contribution in [3.05, 3.63) is 66.2 Å². The van der Waals surface area contributed by atoms with Crippen LogP contribution in [0.5, 0.6) is 0 Å². The SMILES string of the molecule is CNC(=O)[C@@H](O)CNC(=O)C1=NN(c2ccccc2)[C@H](c2ccccc2)C1. The third-order valence-corrected chi connectivity index (χ3v) is 4.38. The van der Waals surface area contributed by atoms with E-state index >= 15 is 0 Å². The standard InChI is InChI=1S/C20H22N4O3/c1-21-20(27)18(25)13-22-19(26)16-12-17(14-8-4-2-5-9-14)24(23-16)15-10-6-3-7-11-15/h2-11,17-18,25H,12-13H2,1H3,(H,21,27)(H,22,26)/t17-,18-/m0/s1. The van der Waals surface area contributed by atoms with E-state index in [9.17, 15) is 14.7 Å². The largest absolute Gasteiger partial charge is 0.381 e. The molecule has 0 fully saturated rings. The van der Waals surface area contributed by atoms with Crippen molar-refractivity contribution in [1.29, 1.82) is 0 Å². The van der Waals surface area contributed by atoms with Gasteiger partial charge in [0.05, 0.1) is 18.3 Å². The number of para-hydroxylation sites is 1. The Balaban J connectivity index is 1.78. The van der Waals surface area contributed by atoms with Crippen LogP contribution in [0.25, 0.3) is 0 Å². The Labute approximate surface area is 157 Å². The average Bonchev–Trinajstić information content (AvgIpc) is 3.18. The van der Waals surface area contributed by atoms with Crippen LogP contribution >= 0.6 is 0 Å². The lowest BCUT2D eigenvalue weighted by atomic mass is 10.0. The molecule has 140 valence electrons. The van der Waals surface area contributed by atoms with E-state index in [1.54, 1.807) is 0 Å². The summed E-state index contributed by atoms with van der Waals surface area (Å²) in [4.78, 5) is 23.9. The first-order valence-electron chi connectivity index (χ1n) is 8.74. The minimum atomic E-state index is -1.30. The first-order chi connectivity index (χ1) is 13.1. The summed E-state index contributed by atoms with van der Waals surface area (Å²) in [6.45, 7) is -0.168. The molecule has 2 atom stereocenters. The molecule has 0 bridgehead atoms. The van der Waals surface area contributed by atoms with Gasteiger partial charge >= 0.3 is 0 Å². The monoisotopic (exact) mass is 366 g/mol. The summed E-state index contributed by atoms with van der Waals surface area (Å²) in [5.74, 6) is -0.936. The van der Waals surface area contributed by atoms with E-state index in [-0.39, 0.29) is 12.6 Å². The van der Waals surface area contributed by atoms with Crippen LogP contribution in [0.15, 0.2) is 65.8 Å². The maximum atomic E-state index is 12.5. The van der Waals surface area contributed by atoms with E-state index in [0.29, 0.717) is 12.1 Å². The number of hydrazone groups is 1. The number of anilines is 1. The van der Waals surface area contributed by atoms with Gasteiger partial charge in [-0.2, -0.15) is 5.10 Å². The molecule has 0 saturated heterocycles. The smallest absolute Gasteiger partial charge is 0.267 e. The molecular formula is C20H22N4O3. The fourth-order valence-corrected chi connectivity index (χ4v) is 2.95. The molecule has 1 aliphatic heterocycles. The molecule has 2 amide bonds. The molecule has 2 aromatic carbocycles. The summed E-state index contributed by atoms with van der Waals surface area (Å²) in [5.41, 5.74) is 2.30. The second kappa shape index (κ2) is 8.46. The van der Waals surface area contributed by atoms with Gasteiger partial charge in [0.25, 0.3) is 5.91 Å². The van der Waals surface area contributed by atoms with Gasteiger partial charge in [0.2, 0.25) is 5.91 Å². The number of rotatable bonds is 6. The van der Waals surface area contributed by atoms with E-state index in [4.69, 9.17) is 0 Å². The van der Waals surface area contributed by atoms with Gasteiger partial charge in [0.15, 0.2) is 0 Å². The number of aliphatic hydroxyl groups is 1. The van der Waals surface area contributed by atoms with E-state index < -0.39 is 17.9 Å². The van der Waals surface area contributed by atoms with Crippen molar-refractivity contribution in [1.82, 2.24) is 10.6 Å². The van der Waals surface area contributed by atoms with Gasteiger partial charge in [-0.05, 0) is 17.7 Å². The van der Waals surface area contributed by atoms with E-state index in [2.05, 4.69) is 15.7 Å². The predicted octanol–water partition coefficient (Wildman–Crippen LogP) is 1.22. The van der Waals surface area contributed by atoms with Crippen molar-refractivity contribution < 1.29 is 14.7 Å². The summed E-state index contributed by atoms with van der Waals surface area (Å²) >= 11 is 0. The normalized spacial score (nSPS) is 17.2. The van der Waals surface area contributed by atoms with Crippen molar-refractivity contribution in [3.63, 3.8) is 0 Å². The van der Waals surface area contributed by atoms with Gasteiger partial charge in [-0.1, -0.05) is 48.5 Å². The van der Waals surface area contributed by atoms with Crippen LogP contribution in [0.1, 0.15) is 18.0 Å².